The molecule has 0 radical (unpaired) electrons. The molecular formula is C12H22N10O2S2. The highest BCUT2D eigenvalue weighted by atomic mass is 32.2. The first-order valence-electron chi connectivity index (χ1n) is 7.75. The van der Waals surface area contributed by atoms with Crippen LogP contribution >= 0.6 is 23.5 Å². The second kappa shape index (κ2) is 10.4. The van der Waals surface area contributed by atoms with Crippen LogP contribution in [0.25, 0.3) is 0 Å². The van der Waals surface area contributed by atoms with Gasteiger partial charge in [0.05, 0.1) is 13.1 Å². The molecule has 0 aromatic carbocycles. The van der Waals surface area contributed by atoms with E-state index in [2.05, 4.69) is 31.1 Å². The van der Waals surface area contributed by atoms with Crippen LogP contribution in [0.1, 0.15) is 0 Å². The second-order valence-electron chi connectivity index (χ2n) is 5.73. The molecule has 0 fully saturated rings. The number of rotatable bonds is 10. The van der Waals surface area contributed by atoms with Crippen molar-refractivity contribution in [1.29, 1.82) is 0 Å². The number of ether oxygens (including phenoxy) is 1. The molecule has 0 unspecified atom stereocenters. The van der Waals surface area contributed by atoms with Crippen LogP contribution in [0.5, 0.6) is 0 Å². The Labute approximate surface area is 159 Å². The summed E-state index contributed by atoms with van der Waals surface area (Å²) >= 11 is 2.10. The average molecular weight is 403 g/mol. The summed E-state index contributed by atoms with van der Waals surface area (Å²) in [5, 5.41) is 23.3. The minimum Gasteiger partial charge on any atom is -0.446 e. The molecule has 0 saturated carbocycles. The Morgan fingerprint density at radius 1 is 0.962 bits per heavy atom. The lowest BCUT2D eigenvalue weighted by Crippen LogP contribution is -2.20. The molecule has 0 bridgehead atoms. The summed E-state index contributed by atoms with van der Waals surface area (Å²) in [6.45, 7) is 2.82. The van der Waals surface area contributed by atoms with E-state index in [0.717, 1.165) is 24.9 Å². The summed E-state index contributed by atoms with van der Waals surface area (Å²) in [6.07, 6.45) is 0. The normalized spacial score (nSPS) is 11.5. The Morgan fingerprint density at radius 2 is 1.50 bits per heavy atom. The van der Waals surface area contributed by atoms with Gasteiger partial charge in [0.1, 0.15) is 5.94 Å². The lowest BCUT2D eigenvalue weighted by atomic mass is 10.6. The van der Waals surface area contributed by atoms with Gasteiger partial charge in [-0.05, 0) is 60.8 Å². The van der Waals surface area contributed by atoms with Crippen LogP contribution in [0.2, 0.25) is 0 Å². The number of hydrogen-bond acceptors (Lipinski definition) is 12. The molecule has 0 saturated heterocycles. The van der Waals surface area contributed by atoms with Crippen molar-refractivity contribution >= 4 is 28.8 Å². The lowest BCUT2D eigenvalue weighted by molar-refractivity contribution is 0.195. The van der Waals surface area contributed by atoms with Crippen molar-refractivity contribution in [3.8, 4) is 0 Å². The number of tetrazole rings is 2. The highest BCUT2D eigenvalue weighted by Crippen LogP contribution is 2.19. The minimum absolute atomic E-state index is 0.105. The molecule has 0 atom stereocenters. The maximum absolute atomic E-state index is 12.0. The zero-order valence-corrected chi connectivity index (χ0v) is 16.8. The van der Waals surface area contributed by atoms with Crippen molar-refractivity contribution in [3.63, 3.8) is 0 Å². The first-order valence-corrected chi connectivity index (χ1v) is 9.55. The van der Waals surface area contributed by atoms with E-state index in [1.807, 2.05) is 38.0 Å². The molecule has 0 amide bonds. The van der Waals surface area contributed by atoms with Crippen molar-refractivity contribution in [2.75, 3.05) is 47.2 Å². The average Bonchev–Trinajstić information content (AvgIpc) is 3.20. The van der Waals surface area contributed by atoms with Gasteiger partial charge in [-0.2, -0.15) is 0 Å². The number of likely N-dealkylation sites (N-methyl/N-ethyl adjacent to an activating group) is 2. The number of thioether (sulfide) groups is 2. The molecule has 0 aliphatic carbocycles. The monoisotopic (exact) mass is 402 g/mol. The molecule has 12 nitrogen and oxygen atoms in total. The molecule has 26 heavy (non-hydrogen) atoms. The van der Waals surface area contributed by atoms with Crippen molar-refractivity contribution in [2.45, 2.75) is 23.4 Å². The summed E-state index contributed by atoms with van der Waals surface area (Å²) in [7, 11) is 7.86. The van der Waals surface area contributed by atoms with Crippen LogP contribution < -0.4 is 0 Å². The fraction of sp³-hybridized carbons (Fsp3) is 0.750. The third-order valence-corrected chi connectivity index (χ3v) is 4.60. The lowest BCUT2D eigenvalue weighted by Gasteiger charge is -2.10. The Balaban J connectivity index is 1.76. The molecule has 2 aromatic heterocycles. The van der Waals surface area contributed by atoms with E-state index in [0.29, 0.717) is 23.4 Å². The summed E-state index contributed by atoms with van der Waals surface area (Å²) in [4.78, 5) is 16.0. The van der Waals surface area contributed by atoms with Crippen LogP contribution in [0.3, 0.4) is 0 Å². The van der Waals surface area contributed by atoms with Crippen LogP contribution in [0.15, 0.2) is 10.3 Å². The van der Waals surface area contributed by atoms with Gasteiger partial charge in [0.2, 0.25) is 10.3 Å². The van der Waals surface area contributed by atoms with Gasteiger partial charge in [-0.1, -0.05) is 0 Å². The van der Waals surface area contributed by atoms with Crippen LogP contribution in [-0.4, -0.2) is 103 Å². The molecule has 2 aromatic rings. The van der Waals surface area contributed by atoms with E-state index in [1.165, 1.54) is 11.8 Å². The zero-order valence-electron chi connectivity index (χ0n) is 15.1. The molecule has 0 N–H and O–H groups in total. The predicted octanol–water partition coefficient (Wildman–Crippen LogP) is -0.239. The zero-order chi connectivity index (χ0) is 18.9. The predicted molar refractivity (Wildman–Crippen MR) is 95.8 cm³/mol. The van der Waals surface area contributed by atoms with Gasteiger partial charge >= 0.3 is 5.30 Å². The Morgan fingerprint density at radius 3 is 2.08 bits per heavy atom. The van der Waals surface area contributed by atoms with E-state index in [-0.39, 0.29) is 5.94 Å². The summed E-state index contributed by atoms with van der Waals surface area (Å²) < 4.78 is 8.44. The Hall–Kier alpha value is -1.77. The minimum atomic E-state index is -0.481. The van der Waals surface area contributed by atoms with E-state index in [4.69, 9.17) is 4.74 Å². The maximum atomic E-state index is 12.0. The highest BCUT2D eigenvalue weighted by Gasteiger charge is 2.15. The molecule has 0 aliphatic rings. The Bertz CT molecular complexity index is 689. The molecule has 144 valence electrons. The largest absolute Gasteiger partial charge is 0.446 e. The quantitative estimate of drug-likeness (QED) is 0.296. The second-order valence-corrected chi connectivity index (χ2v) is 7.53. The topological polar surface area (TPSA) is 120 Å². The number of hydrogen-bond donors (Lipinski definition) is 0. The van der Waals surface area contributed by atoms with Gasteiger partial charge in [-0.25, -0.2) is 14.2 Å². The van der Waals surface area contributed by atoms with Crippen LogP contribution in [-0.2, 0) is 17.8 Å². The van der Waals surface area contributed by atoms with Crippen LogP contribution in [0, 0.1) is 0 Å². The van der Waals surface area contributed by atoms with E-state index in [1.54, 1.807) is 9.36 Å². The summed E-state index contributed by atoms with van der Waals surface area (Å²) in [6, 6.07) is 0. The van der Waals surface area contributed by atoms with E-state index >= 15 is 0 Å². The standard InChI is InChI=1S/C12H22N10O2S2/c1-19(2)5-7-21-10(13-15-17-21)25-9-24-12(23)26-11-14-16-18-22(11)8-6-20(3)4/h5-9H2,1-4H3. The summed E-state index contributed by atoms with van der Waals surface area (Å²) in [5.41, 5.74) is 0. The number of carbonyl (C=O) groups excluding carboxylic acids is 1. The van der Waals surface area contributed by atoms with E-state index < -0.39 is 5.30 Å². The molecule has 0 aliphatic heterocycles. The van der Waals surface area contributed by atoms with Gasteiger partial charge in [0.15, 0.2) is 0 Å². The molecule has 0 spiro atoms. The fourth-order valence-corrected chi connectivity index (χ4v) is 2.97. The number of aromatic nitrogens is 8. The SMILES string of the molecule is CN(C)CCn1nnnc1SCOC(=O)Sc1nnnn1CCN(C)C. The summed E-state index contributed by atoms with van der Waals surface area (Å²) in [5.74, 6) is 0.105. The third-order valence-electron chi connectivity index (χ3n) is 3.06. The van der Waals surface area contributed by atoms with Crippen molar-refractivity contribution in [2.24, 2.45) is 0 Å². The fourth-order valence-electron chi connectivity index (χ4n) is 1.67. The van der Waals surface area contributed by atoms with E-state index in [9.17, 15) is 4.79 Å². The van der Waals surface area contributed by atoms with Crippen molar-refractivity contribution in [1.82, 2.24) is 50.2 Å². The van der Waals surface area contributed by atoms with Crippen molar-refractivity contribution in [3.05, 3.63) is 0 Å². The molecule has 2 rings (SSSR count). The van der Waals surface area contributed by atoms with Crippen LogP contribution in [0.4, 0.5) is 4.79 Å². The molecule has 14 heteroatoms. The molecule has 2 heterocycles. The molecular weight excluding hydrogens is 380 g/mol. The van der Waals surface area contributed by atoms with Gasteiger partial charge in [0, 0.05) is 24.9 Å². The van der Waals surface area contributed by atoms with Crippen molar-refractivity contribution < 1.29 is 9.53 Å². The number of carbonyl (C=O) groups is 1. The first-order chi connectivity index (χ1) is 12.5. The highest BCUT2D eigenvalue weighted by molar-refractivity contribution is 8.13. The van der Waals surface area contributed by atoms with Gasteiger partial charge in [0.25, 0.3) is 0 Å². The third kappa shape index (κ3) is 6.86. The van der Waals surface area contributed by atoms with Gasteiger partial charge in [-0.3, -0.25) is 0 Å². The van der Waals surface area contributed by atoms with Gasteiger partial charge in [-0.15, -0.1) is 10.2 Å². The van der Waals surface area contributed by atoms with Gasteiger partial charge < -0.3 is 14.5 Å². The first kappa shape index (κ1) is 20.5. The maximum Gasteiger partial charge on any atom is 0.376 e. The smallest absolute Gasteiger partial charge is 0.376 e. The number of nitrogens with zero attached hydrogens (tertiary/aromatic N) is 10. The Kier molecular flexibility index (Phi) is 8.21.